The lowest BCUT2D eigenvalue weighted by molar-refractivity contribution is -0.136. The van der Waals surface area contributed by atoms with E-state index in [4.69, 9.17) is 4.74 Å². The fourth-order valence-electron chi connectivity index (χ4n) is 2.31. The van der Waals surface area contributed by atoms with Crippen LogP contribution < -0.4 is 5.32 Å². The molecular formula is C19H15NO3S. The van der Waals surface area contributed by atoms with E-state index in [0.717, 1.165) is 15.6 Å². The molecule has 1 N–H and O–H groups in total. The highest BCUT2D eigenvalue weighted by Crippen LogP contribution is 2.27. The largest absolute Gasteiger partial charge is 0.464 e. The maximum Gasteiger partial charge on any atom is 0.354 e. The lowest BCUT2D eigenvalue weighted by atomic mass is 10.1. The van der Waals surface area contributed by atoms with Crippen LogP contribution in [-0.4, -0.2) is 19.0 Å². The number of methoxy groups -OCH3 is 1. The second kappa shape index (κ2) is 7.10. The van der Waals surface area contributed by atoms with Crippen LogP contribution in [-0.2, 0) is 9.53 Å². The van der Waals surface area contributed by atoms with Crippen molar-refractivity contribution in [2.75, 3.05) is 7.11 Å². The van der Waals surface area contributed by atoms with Crippen molar-refractivity contribution in [2.45, 2.75) is 0 Å². The quantitative estimate of drug-likeness (QED) is 0.581. The molecule has 0 saturated carbocycles. The number of rotatable bonds is 4. The molecule has 2 aromatic carbocycles. The summed E-state index contributed by atoms with van der Waals surface area (Å²) in [6.07, 6.45) is 1.64. The number of hydrogen-bond acceptors (Lipinski definition) is 4. The number of esters is 1. The van der Waals surface area contributed by atoms with E-state index in [0.29, 0.717) is 5.56 Å². The van der Waals surface area contributed by atoms with Crippen molar-refractivity contribution in [1.82, 2.24) is 5.32 Å². The zero-order chi connectivity index (χ0) is 16.9. The molecule has 24 heavy (non-hydrogen) atoms. The van der Waals surface area contributed by atoms with Crippen LogP contribution in [0, 0.1) is 0 Å². The number of nitrogens with one attached hydrogen (secondary N) is 1. The number of hydrogen-bond donors (Lipinski definition) is 1. The average Bonchev–Trinajstić information content (AvgIpc) is 3.04. The first kappa shape index (κ1) is 16.0. The zero-order valence-corrected chi connectivity index (χ0v) is 13.8. The topological polar surface area (TPSA) is 55.4 Å². The number of amides is 1. The summed E-state index contributed by atoms with van der Waals surface area (Å²) in [5.74, 6) is -0.943. The highest BCUT2D eigenvalue weighted by Gasteiger charge is 2.15. The van der Waals surface area contributed by atoms with Gasteiger partial charge in [-0.3, -0.25) is 4.79 Å². The normalized spacial score (nSPS) is 11.3. The first-order chi connectivity index (χ1) is 11.7. The number of benzene rings is 2. The monoisotopic (exact) mass is 337 g/mol. The second-order valence-corrected chi connectivity index (χ2v) is 5.97. The Morgan fingerprint density at radius 3 is 2.50 bits per heavy atom. The summed E-state index contributed by atoms with van der Waals surface area (Å²) in [6.45, 7) is 0. The van der Waals surface area contributed by atoms with Gasteiger partial charge in [0.05, 0.1) is 7.11 Å². The molecule has 4 nitrogen and oxygen atoms in total. The Balaban J connectivity index is 1.95. The molecular weight excluding hydrogens is 322 g/mol. The van der Waals surface area contributed by atoms with Crippen molar-refractivity contribution < 1.29 is 14.3 Å². The average molecular weight is 337 g/mol. The Kier molecular flexibility index (Phi) is 4.72. The van der Waals surface area contributed by atoms with E-state index in [1.807, 2.05) is 35.7 Å². The predicted molar refractivity (Wildman–Crippen MR) is 95.7 cm³/mol. The van der Waals surface area contributed by atoms with Crippen LogP contribution in [0.3, 0.4) is 0 Å². The lowest BCUT2D eigenvalue weighted by Crippen LogP contribution is -2.28. The Hall–Kier alpha value is -2.92. The Morgan fingerprint density at radius 1 is 1.04 bits per heavy atom. The van der Waals surface area contributed by atoms with Crippen LogP contribution in [0.25, 0.3) is 16.2 Å². The van der Waals surface area contributed by atoms with Gasteiger partial charge in [0.15, 0.2) is 0 Å². The summed E-state index contributed by atoms with van der Waals surface area (Å²) in [4.78, 5) is 24.3. The standard InChI is InChI=1S/C19H15NO3S/c1-23-19(22)16(20-18(21)13-7-3-2-4-8-13)11-14-12-24-17-10-6-5-9-15(14)17/h2-12H,1H3,(H,20,21)/b16-11+. The van der Waals surface area contributed by atoms with Gasteiger partial charge in [-0.2, -0.15) is 0 Å². The van der Waals surface area contributed by atoms with Gasteiger partial charge in [0.25, 0.3) is 5.91 Å². The molecule has 120 valence electrons. The molecule has 0 spiro atoms. The van der Waals surface area contributed by atoms with Gasteiger partial charge in [-0.05, 0) is 40.6 Å². The molecule has 1 heterocycles. The van der Waals surface area contributed by atoms with Gasteiger partial charge in [0, 0.05) is 10.3 Å². The van der Waals surface area contributed by atoms with Gasteiger partial charge >= 0.3 is 5.97 Å². The molecule has 1 amide bonds. The van der Waals surface area contributed by atoms with Crippen LogP contribution >= 0.6 is 11.3 Å². The minimum absolute atomic E-state index is 0.106. The highest BCUT2D eigenvalue weighted by atomic mass is 32.1. The van der Waals surface area contributed by atoms with Gasteiger partial charge in [0.2, 0.25) is 0 Å². The molecule has 1 aromatic heterocycles. The Morgan fingerprint density at radius 2 is 1.75 bits per heavy atom. The number of carbonyl (C=O) groups is 2. The van der Waals surface area contributed by atoms with Crippen molar-refractivity contribution in [3.8, 4) is 0 Å². The van der Waals surface area contributed by atoms with E-state index < -0.39 is 5.97 Å². The van der Waals surface area contributed by atoms with E-state index in [1.165, 1.54) is 7.11 Å². The van der Waals surface area contributed by atoms with Crippen molar-refractivity contribution in [3.05, 3.63) is 76.8 Å². The number of carbonyl (C=O) groups excluding carboxylic acids is 2. The summed E-state index contributed by atoms with van der Waals surface area (Å²) < 4.78 is 5.90. The summed E-state index contributed by atoms with van der Waals surface area (Å²) in [5.41, 5.74) is 1.45. The van der Waals surface area contributed by atoms with Gasteiger partial charge in [-0.25, -0.2) is 4.79 Å². The van der Waals surface area contributed by atoms with Gasteiger partial charge in [0.1, 0.15) is 5.70 Å². The molecule has 5 heteroatoms. The Bertz CT molecular complexity index is 913. The molecule has 0 aliphatic carbocycles. The summed E-state index contributed by atoms with van der Waals surface area (Å²) in [5, 5.41) is 5.61. The van der Waals surface area contributed by atoms with Crippen LogP contribution in [0.15, 0.2) is 65.7 Å². The molecule has 3 rings (SSSR count). The van der Waals surface area contributed by atoms with E-state index in [-0.39, 0.29) is 11.6 Å². The van der Waals surface area contributed by atoms with Crippen molar-refractivity contribution >= 4 is 39.4 Å². The first-order valence-corrected chi connectivity index (χ1v) is 8.19. The minimum atomic E-state index is -0.588. The van der Waals surface area contributed by atoms with Crippen molar-refractivity contribution in [2.24, 2.45) is 0 Å². The third-order valence-corrected chi connectivity index (χ3v) is 4.48. The SMILES string of the molecule is COC(=O)/C(=C\c1csc2ccccc12)NC(=O)c1ccccc1. The van der Waals surface area contributed by atoms with Crippen LogP contribution in [0.4, 0.5) is 0 Å². The van der Waals surface area contributed by atoms with Crippen molar-refractivity contribution in [3.63, 3.8) is 0 Å². The predicted octanol–water partition coefficient (Wildman–Crippen LogP) is 3.85. The lowest BCUT2D eigenvalue weighted by Gasteiger charge is -2.08. The van der Waals surface area contributed by atoms with E-state index >= 15 is 0 Å². The van der Waals surface area contributed by atoms with Crippen molar-refractivity contribution in [1.29, 1.82) is 0 Å². The van der Waals surface area contributed by atoms with E-state index in [9.17, 15) is 9.59 Å². The molecule has 0 bridgehead atoms. The molecule has 0 atom stereocenters. The maximum atomic E-state index is 12.3. The third kappa shape index (κ3) is 3.36. The number of thiophene rings is 1. The fourth-order valence-corrected chi connectivity index (χ4v) is 3.22. The van der Waals surface area contributed by atoms with Crippen LogP contribution in [0.1, 0.15) is 15.9 Å². The molecule has 0 aliphatic heterocycles. The Labute approximate surface area is 143 Å². The maximum absolute atomic E-state index is 12.3. The van der Waals surface area contributed by atoms with Gasteiger partial charge in [-0.1, -0.05) is 36.4 Å². The summed E-state index contributed by atoms with van der Waals surface area (Å²) >= 11 is 1.58. The summed E-state index contributed by atoms with van der Waals surface area (Å²) in [6, 6.07) is 16.6. The molecule has 0 unspecified atom stereocenters. The van der Waals surface area contributed by atoms with Crippen LogP contribution in [0.2, 0.25) is 0 Å². The first-order valence-electron chi connectivity index (χ1n) is 7.31. The van der Waals surface area contributed by atoms with Crippen LogP contribution in [0.5, 0.6) is 0 Å². The van der Waals surface area contributed by atoms with E-state index in [2.05, 4.69) is 5.32 Å². The molecule has 0 aliphatic rings. The number of fused-ring (bicyclic) bond motifs is 1. The molecule has 0 radical (unpaired) electrons. The molecule has 3 aromatic rings. The smallest absolute Gasteiger partial charge is 0.354 e. The third-order valence-electron chi connectivity index (χ3n) is 3.50. The van der Waals surface area contributed by atoms with E-state index in [1.54, 1.807) is 41.7 Å². The second-order valence-electron chi connectivity index (χ2n) is 5.06. The minimum Gasteiger partial charge on any atom is -0.464 e. The van der Waals surface area contributed by atoms with Gasteiger partial charge < -0.3 is 10.1 Å². The molecule has 0 fully saturated rings. The fraction of sp³-hybridized carbons (Fsp3) is 0.0526. The molecule has 0 saturated heterocycles. The highest BCUT2D eigenvalue weighted by molar-refractivity contribution is 7.17. The number of ether oxygens (including phenoxy) is 1. The zero-order valence-electron chi connectivity index (χ0n) is 13.0. The summed E-state index contributed by atoms with van der Waals surface area (Å²) in [7, 11) is 1.29. The van der Waals surface area contributed by atoms with Gasteiger partial charge in [-0.15, -0.1) is 11.3 Å².